The van der Waals surface area contributed by atoms with Crippen molar-refractivity contribution in [2.75, 3.05) is 6.61 Å². The predicted octanol–water partition coefficient (Wildman–Crippen LogP) is 0.686. The minimum Gasteiger partial charge on any atom is -0.402 e. The van der Waals surface area contributed by atoms with E-state index in [1.54, 1.807) is 6.08 Å². The first-order valence-electron chi connectivity index (χ1n) is 3.98. The average Bonchev–Trinajstić information content (AvgIpc) is 2.14. The first kappa shape index (κ1) is 9.99. The molecule has 0 amide bonds. The molecule has 0 radical (unpaired) electrons. The summed E-state index contributed by atoms with van der Waals surface area (Å²) < 4.78 is 4.49. The van der Waals surface area contributed by atoms with Crippen LogP contribution in [-0.2, 0) is 4.65 Å². The second kappa shape index (κ2) is 5.53. The Bertz CT molecular complexity index is 259. The molecule has 0 aliphatic carbocycles. The summed E-state index contributed by atoms with van der Waals surface area (Å²) in [6.07, 6.45) is 3.57. The van der Waals surface area contributed by atoms with Gasteiger partial charge < -0.3 is 14.7 Å². The van der Waals surface area contributed by atoms with Gasteiger partial charge in [-0.3, -0.25) is 0 Å². The monoisotopic (exact) mass is 178 g/mol. The maximum absolute atomic E-state index is 8.35. The molecule has 0 saturated carbocycles. The molecular formula is C9H11BO3. The smallest absolute Gasteiger partial charge is 0.402 e. The normalized spacial score (nSPS) is 10.6. The highest BCUT2D eigenvalue weighted by Crippen LogP contribution is 2.00. The van der Waals surface area contributed by atoms with E-state index in [1.807, 2.05) is 36.4 Å². The van der Waals surface area contributed by atoms with Gasteiger partial charge in [0, 0.05) is 0 Å². The van der Waals surface area contributed by atoms with Crippen molar-refractivity contribution in [1.29, 1.82) is 0 Å². The van der Waals surface area contributed by atoms with Crippen LogP contribution in [0.5, 0.6) is 0 Å². The van der Waals surface area contributed by atoms with E-state index in [0.717, 1.165) is 5.56 Å². The van der Waals surface area contributed by atoms with Crippen molar-refractivity contribution in [1.82, 2.24) is 0 Å². The fourth-order valence-electron chi connectivity index (χ4n) is 0.890. The van der Waals surface area contributed by atoms with Crippen LogP contribution in [0.25, 0.3) is 6.08 Å². The van der Waals surface area contributed by atoms with E-state index < -0.39 is 7.32 Å². The quantitative estimate of drug-likeness (QED) is 0.666. The summed E-state index contributed by atoms with van der Waals surface area (Å²) in [6, 6.07) is 9.70. The van der Waals surface area contributed by atoms with Gasteiger partial charge in [-0.1, -0.05) is 42.5 Å². The predicted molar refractivity (Wildman–Crippen MR) is 51.6 cm³/mol. The largest absolute Gasteiger partial charge is 0.634 e. The SMILES string of the molecule is OB(O)OCC=Cc1ccccc1. The highest BCUT2D eigenvalue weighted by atomic mass is 16.6. The summed E-state index contributed by atoms with van der Waals surface area (Å²) in [4.78, 5) is 0. The number of rotatable bonds is 4. The fraction of sp³-hybridized carbons (Fsp3) is 0.111. The van der Waals surface area contributed by atoms with Gasteiger partial charge in [0.2, 0.25) is 0 Å². The molecule has 1 rings (SSSR count). The van der Waals surface area contributed by atoms with Crippen molar-refractivity contribution in [3.8, 4) is 0 Å². The summed E-state index contributed by atoms with van der Waals surface area (Å²) >= 11 is 0. The second-order valence-corrected chi connectivity index (χ2v) is 2.47. The second-order valence-electron chi connectivity index (χ2n) is 2.47. The van der Waals surface area contributed by atoms with Gasteiger partial charge in [0.15, 0.2) is 0 Å². The number of hydrogen-bond acceptors (Lipinski definition) is 3. The molecule has 0 heterocycles. The van der Waals surface area contributed by atoms with E-state index in [0.29, 0.717) is 0 Å². The molecule has 1 aromatic rings. The third-order valence-corrected chi connectivity index (χ3v) is 1.45. The van der Waals surface area contributed by atoms with Crippen LogP contribution in [0, 0.1) is 0 Å². The molecule has 68 valence electrons. The first-order valence-corrected chi connectivity index (χ1v) is 3.98. The molecule has 0 aliphatic heterocycles. The van der Waals surface area contributed by atoms with E-state index in [4.69, 9.17) is 10.0 Å². The summed E-state index contributed by atoms with van der Waals surface area (Å²) in [7, 11) is -1.69. The molecule has 0 atom stereocenters. The van der Waals surface area contributed by atoms with E-state index in [-0.39, 0.29) is 6.61 Å². The molecule has 0 spiro atoms. The van der Waals surface area contributed by atoms with Crippen LogP contribution in [0.2, 0.25) is 0 Å². The van der Waals surface area contributed by atoms with Crippen LogP contribution in [0.4, 0.5) is 0 Å². The van der Waals surface area contributed by atoms with Gasteiger partial charge in [-0.05, 0) is 5.56 Å². The van der Waals surface area contributed by atoms with E-state index in [1.165, 1.54) is 0 Å². The average molecular weight is 178 g/mol. The van der Waals surface area contributed by atoms with Crippen molar-refractivity contribution in [2.24, 2.45) is 0 Å². The third-order valence-electron chi connectivity index (χ3n) is 1.45. The molecule has 2 N–H and O–H groups in total. The highest BCUT2D eigenvalue weighted by molar-refractivity contribution is 6.32. The first-order chi connectivity index (χ1) is 6.29. The van der Waals surface area contributed by atoms with Gasteiger partial charge in [-0.15, -0.1) is 0 Å². The lowest BCUT2D eigenvalue weighted by Gasteiger charge is -1.96. The molecule has 0 aromatic heterocycles. The van der Waals surface area contributed by atoms with E-state index >= 15 is 0 Å². The highest BCUT2D eigenvalue weighted by Gasteiger charge is 2.04. The third kappa shape index (κ3) is 4.47. The van der Waals surface area contributed by atoms with Gasteiger partial charge >= 0.3 is 7.32 Å². The zero-order chi connectivity index (χ0) is 9.52. The van der Waals surface area contributed by atoms with Crippen molar-refractivity contribution in [3.63, 3.8) is 0 Å². The van der Waals surface area contributed by atoms with Crippen LogP contribution in [0.3, 0.4) is 0 Å². The summed E-state index contributed by atoms with van der Waals surface area (Å²) in [5, 5.41) is 16.7. The van der Waals surface area contributed by atoms with Crippen molar-refractivity contribution < 1.29 is 14.7 Å². The van der Waals surface area contributed by atoms with Crippen molar-refractivity contribution >= 4 is 13.4 Å². The maximum Gasteiger partial charge on any atom is 0.634 e. The van der Waals surface area contributed by atoms with Gasteiger partial charge in [-0.25, -0.2) is 0 Å². The maximum atomic E-state index is 8.35. The zero-order valence-electron chi connectivity index (χ0n) is 7.13. The molecule has 0 fully saturated rings. The Kier molecular flexibility index (Phi) is 4.25. The molecular weight excluding hydrogens is 167 g/mol. The van der Waals surface area contributed by atoms with Crippen molar-refractivity contribution in [3.05, 3.63) is 42.0 Å². The van der Waals surface area contributed by atoms with Crippen LogP contribution in [-0.4, -0.2) is 24.0 Å². The van der Waals surface area contributed by atoms with Crippen LogP contribution in [0.1, 0.15) is 5.56 Å². The minimum atomic E-state index is -1.69. The Morgan fingerprint density at radius 1 is 1.23 bits per heavy atom. The molecule has 1 aromatic carbocycles. The molecule has 13 heavy (non-hydrogen) atoms. The number of benzene rings is 1. The van der Waals surface area contributed by atoms with Crippen LogP contribution < -0.4 is 0 Å². The van der Waals surface area contributed by atoms with Gasteiger partial charge in [0.05, 0.1) is 6.61 Å². The fourth-order valence-corrected chi connectivity index (χ4v) is 0.890. The van der Waals surface area contributed by atoms with Crippen LogP contribution in [0.15, 0.2) is 36.4 Å². The Morgan fingerprint density at radius 3 is 2.54 bits per heavy atom. The standard InChI is InChI=1S/C9H11BO3/c11-10(12)13-8-4-7-9-5-2-1-3-6-9/h1-7,11-12H,8H2. The van der Waals surface area contributed by atoms with Gasteiger partial charge in [0.25, 0.3) is 0 Å². The van der Waals surface area contributed by atoms with E-state index in [2.05, 4.69) is 4.65 Å². The molecule has 0 bridgehead atoms. The molecule has 0 saturated heterocycles. The Hall–Kier alpha value is -1.10. The summed E-state index contributed by atoms with van der Waals surface area (Å²) in [5.74, 6) is 0. The molecule has 3 nitrogen and oxygen atoms in total. The molecule has 0 unspecified atom stereocenters. The Morgan fingerprint density at radius 2 is 1.92 bits per heavy atom. The number of hydrogen-bond donors (Lipinski definition) is 2. The van der Waals surface area contributed by atoms with Crippen LogP contribution >= 0.6 is 0 Å². The zero-order valence-corrected chi connectivity index (χ0v) is 7.13. The molecule has 0 aliphatic rings. The topological polar surface area (TPSA) is 49.7 Å². The summed E-state index contributed by atoms with van der Waals surface area (Å²) in [6.45, 7) is 0.187. The minimum absolute atomic E-state index is 0.187. The molecule has 4 heteroatoms. The summed E-state index contributed by atoms with van der Waals surface area (Å²) in [5.41, 5.74) is 1.05. The Balaban J connectivity index is 2.33. The van der Waals surface area contributed by atoms with Gasteiger partial charge in [0.1, 0.15) is 0 Å². The van der Waals surface area contributed by atoms with Gasteiger partial charge in [-0.2, -0.15) is 0 Å². The van der Waals surface area contributed by atoms with Crippen molar-refractivity contribution in [2.45, 2.75) is 0 Å². The lowest BCUT2D eigenvalue weighted by Crippen LogP contribution is -2.16. The Labute approximate surface area is 77.5 Å². The van der Waals surface area contributed by atoms with E-state index in [9.17, 15) is 0 Å². The lowest BCUT2D eigenvalue weighted by atomic mass is 10.2. The lowest BCUT2D eigenvalue weighted by molar-refractivity contribution is 0.207.